The van der Waals surface area contributed by atoms with Crippen molar-refractivity contribution < 1.29 is 19.7 Å². The molecule has 1 aliphatic heterocycles. The van der Waals surface area contributed by atoms with Gasteiger partial charge in [0, 0.05) is 5.92 Å². The van der Waals surface area contributed by atoms with E-state index in [1.54, 1.807) is 6.92 Å². The first-order valence-corrected chi connectivity index (χ1v) is 3.37. The number of aliphatic hydroxyl groups excluding tert-OH is 1. The van der Waals surface area contributed by atoms with Crippen LogP contribution in [-0.4, -0.2) is 28.9 Å². The first-order chi connectivity index (χ1) is 5.11. The van der Waals surface area contributed by atoms with Gasteiger partial charge < -0.3 is 14.9 Å². The van der Waals surface area contributed by atoms with E-state index in [4.69, 9.17) is 9.84 Å². The minimum atomic E-state index is -1.13. The smallest absolute Gasteiger partial charge is 0.370 e. The van der Waals surface area contributed by atoms with E-state index < -0.39 is 12.1 Å². The van der Waals surface area contributed by atoms with Crippen LogP contribution in [0.4, 0.5) is 0 Å². The number of hydrogen-bond acceptors (Lipinski definition) is 3. The number of aliphatic hydroxyl groups is 1. The van der Waals surface area contributed by atoms with Gasteiger partial charge in [0.2, 0.25) is 5.76 Å². The Bertz CT molecular complexity index is 197. The van der Waals surface area contributed by atoms with Gasteiger partial charge in [0.25, 0.3) is 0 Å². The molecule has 0 aromatic rings. The van der Waals surface area contributed by atoms with Crippen LogP contribution in [0.25, 0.3) is 0 Å². The summed E-state index contributed by atoms with van der Waals surface area (Å²) in [7, 11) is 0. The summed E-state index contributed by atoms with van der Waals surface area (Å²) in [5.41, 5.74) is 0. The normalized spacial score (nSPS) is 30.5. The molecule has 0 spiro atoms. The third-order valence-electron chi connectivity index (χ3n) is 1.62. The highest BCUT2D eigenvalue weighted by molar-refractivity contribution is 5.84. The number of aliphatic carboxylic acids is 1. The van der Waals surface area contributed by atoms with Crippen LogP contribution in [0.3, 0.4) is 0 Å². The molecule has 0 fully saturated rings. The zero-order valence-electron chi connectivity index (χ0n) is 6.15. The van der Waals surface area contributed by atoms with Crippen LogP contribution in [0.2, 0.25) is 0 Å². The van der Waals surface area contributed by atoms with Crippen molar-refractivity contribution in [3.8, 4) is 0 Å². The van der Waals surface area contributed by atoms with Crippen LogP contribution in [0, 0.1) is 5.92 Å². The van der Waals surface area contributed by atoms with E-state index in [0.717, 1.165) is 0 Å². The van der Waals surface area contributed by atoms with Crippen LogP contribution >= 0.6 is 0 Å². The molecule has 1 rings (SSSR count). The van der Waals surface area contributed by atoms with E-state index in [1.165, 1.54) is 6.08 Å². The molecule has 0 saturated heterocycles. The van der Waals surface area contributed by atoms with E-state index in [-0.39, 0.29) is 18.3 Å². The third-order valence-corrected chi connectivity index (χ3v) is 1.62. The van der Waals surface area contributed by atoms with Gasteiger partial charge in [0.05, 0.1) is 12.7 Å². The molecule has 1 heterocycles. The maximum absolute atomic E-state index is 10.3. The standard InChI is InChI=1S/C7H10O4/c1-4-3-11-6(7(9)10)2-5(4)8/h2,4-5,8H,3H2,1H3,(H,9,10)/t4?,5-/m0/s1. The molecule has 11 heavy (non-hydrogen) atoms. The molecule has 0 saturated carbocycles. The van der Waals surface area contributed by atoms with Crippen LogP contribution in [0.15, 0.2) is 11.8 Å². The number of carboxylic acid groups (broad SMARTS) is 1. The minimum absolute atomic E-state index is 0.0295. The van der Waals surface area contributed by atoms with Crippen LogP contribution in [0.1, 0.15) is 6.92 Å². The molecule has 0 aromatic heterocycles. The van der Waals surface area contributed by atoms with Gasteiger partial charge in [0.15, 0.2) is 0 Å². The third kappa shape index (κ3) is 1.71. The van der Waals surface area contributed by atoms with Gasteiger partial charge in [-0.15, -0.1) is 0 Å². The Kier molecular flexibility index (Phi) is 2.14. The molecular weight excluding hydrogens is 148 g/mol. The largest absolute Gasteiger partial charge is 0.486 e. The summed E-state index contributed by atoms with van der Waals surface area (Å²) in [5.74, 6) is -1.32. The van der Waals surface area contributed by atoms with Gasteiger partial charge in [-0.05, 0) is 6.08 Å². The zero-order chi connectivity index (χ0) is 8.43. The van der Waals surface area contributed by atoms with Gasteiger partial charge >= 0.3 is 5.97 Å². The van der Waals surface area contributed by atoms with Gasteiger partial charge in [-0.2, -0.15) is 0 Å². The Balaban J connectivity index is 2.71. The van der Waals surface area contributed by atoms with E-state index in [0.29, 0.717) is 0 Å². The van der Waals surface area contributed by atoms with Crippen molar-refractivity contribution in [1.29, 1.82) is 0 Å². The molecule has 4 heteroatoms. The number of rotatable bonds is 1. The number of hydrogen-bond donors (Lipinski definition) is 2. The molecule has 0 amide bonds. The predicted octanol–water partition coefficient (Wildman–Crippen LogP) is -0.0179. The number of carbonyl (C=O) groups is 1. The number of ether oxygens (including phenoxy) is 1. The van der Waals surface area contributed by atoms with Gasteiger partial charge in [-0.25, -0.2) is 4.79 Å². The van der Waals surface area contributed by atoms with Crippen molar-refractivity contribution in [3.05, 3.63) is 11.8 Å². The zero-order valence-corrected chi connectivity index (χ0v) is 6.15. The van der Waals surface area contributed by atoms with Gasteiger partial charge in [-0.3, -0.25) is 0 Å². The Morgan fingerprint density at radius 3 is 2.91 bits per heavy atom. The predicted molar refractivity (Wildman–Crippen MR) is 36.8 cm³/mol. The second kappa shape index (κ2) is 2.92. The lowest BCUT2D eigenvalue weighted by molar-refractivity contribution is -0.137. The summed E-state index contributed by atoms with van der Waals surface area (Å²) in [4.78, 5) is 10.3. The molecule has 2 atom stereocenters. The molecule has 62 valence electrons. The molecule has 0 aliphatic carbocycles. The quantitative estimate of drug-likeness (QED) is 0.563. The SMILES string of the molecule is CC1COC(C(=O)O)=C[C@@H]1O. The average Bonchev–Trinajstić information content (AvgIpc) is 1.94. The molecule has 4 nitrogen and oxygen atoms in total. The molecule has 2 N–H and O–H groups in total. The van der Waals surface area contributed by atoms with Crippen molar-refractivity contribution in [3.63, 3.8) is 0 Å². The summed E-state index contributed by atoms with van der Waals surface area (Å²) in [6.07, 6.45) is 0.520. The van der Waals surface area contributed by atoms with Gasteiger partial charge in [0.1, 0.15) is 0 Å². The highest BCUT2D eigenvalue weighted by Crippen LogP contribution is 2.15. The fourth-order valence-electron chi connectivity index (χ4n) is 0.820. The first kappa shape index (κ1) is 8.07. The van der Waals surface area contributed by atoms with Crippen LogP contribution in [0.5, 0.6) is 0 Å². The summed E-state index contributed by atoms with van der Waals surface area (Å²) in [6, 6.07) is 0. The average molecular weight is 158 g/mol. The van der Waals surface area contributed by atoms with Crippen LogP contribution in [-0.2, 0) is 9.53 Å². The Hall–Kier alpha value is -1.03. The maximum atomic E-state index is 10.3. The van der Waals surface area contributed by atoms with Crippen molar-refractivity contribution in [2.24, 2.45) is 5.92 Å². The molecule has 0 bridgehead atoms. The molecule has 0 radical (unpaired) electrons. The highest BCUT2D eigenvalue weighted by Gasteiger charge is 2.23. The second-order valence-electron chi connectivity index (χ2n) is 2.61. The van der Waals surface area contributed by atoms with E-state index in [2.05, 4.69) is 0 Å². The second-order valence-corrected chi connectivity index (χ2v) is 2.61. The molecule has 1 aliphatic rings. The Morgan fingerprint density at radius 2 is 2.45 bits per heavy atom. The van der Waals surface area contributed by atoms with Crippen molar-refractivity contribution in [1.82, 2.24) is 0 Å². The van der Waals surface area contributed by atoms with Crippen molar-refractivity contribution in [2.75, 3.05) is 6.61 Å². The lowest BCUT2D eigenvalue weighted by Gasteiger charge is -2.22. The summed E-state index contributed by atoms with van der Waals surface area (Å²) >= 11 is 0. The molecule has 1 unspecified atom stereocenters. The summed E-state index contributed by atoms with van der Waals surface area (Å²) in [6.45, 7) is 2.05. The van der Waals surface area contributed by atoms with Crippen molar-refractivity contribution >= 4 is 5.97 Å². The highest BCUT2D eigenvalue weighted by atomic mass is 16.5. The van der Waals surface area contributed by atoms with Gasteiger partial charge in [-0.1, -0.05) is 6.92 Å². The van der Waals surface area contributed by atoms with E-state index in [9.17, 15) is 9.90 Å². The van der Waals surface area contributed by atoms with Crippen LogP contribution < -0.4 is 0 Å². The lowest BCUT2D eigenvalue weighted by atomic mass is 10.0. The molecular formula is C7H10O4. The molecule has 0 aromatic carbocycles. The fourth-order valence-corrected chi connectivity index (χ4v) is 0.820. The fraction of sp³-hybridized carbons (Fsp3) is 0.571. The lowest BCUT2D eigenvalue weighted by Crippen LogP contribution is -2.27. The Labute approximate surface area is 64.1 Å². The van der Waals surface area contributed by atoms with E-state index >= 15 is 0 Å². The monoisotopic (exact) mass is 158 g/mol. The Morgan fingerprint density at radius 1 is 1.82 bits per heavy atom. The summed E-state index contributed by atoms with van der Waals surface area (Å²) < 4.78 is 4.82. The van der Waals surface area contributed by atoms with E-state index in [1.807, 2.05) is 0 Å². The number of carboxylic acids is 1. The first-order valence-electron chi connectivity index (χ1n) is 3.37. The topological polar surface area (TPSA) is 66.8 Å². The minimum Gasteiger partial charge on any atom is -0.486 e. The summed E-state index contributed by atoms with van der Waals surface area (Å²) in [5, 5.41) is 17.6. The maximum Gasteiger partial charge on any atom is 0.370 e. The van der Waals surface area contributed by atoms with Crippen molar-refractivity contribution in [2.45, 2.75) is 13.0 Å².